The van der Waals surface area contributed by atoms with E-state index in [0.717, 1.165) is 30.5 Å². The molecule has 1 aliphatic carbocycles. The lowest BCUT2D eigenvalue weighted by molar-refractivity contribution is -0.129. The van der Waals surface area contributed by atoms with E-state index in [4.69, 9.17) is 10.5 Å². The molecular formula is C20H24ClFN2O2. The molecule has 0 aliphatic heterocycles. The van der Waals surface area contributed by atoms with Gasteiger partial charge >= 0.3 is 0 Å². The number of hydrogen-bond acceptors (Lipinski definition) is 3. The Kier molecular flexibility index (Phi) is 6.86. The topological polar surface area (TPSA) is 64.3 Å². The van der Waals surface area contributed by atoms with Gasteiger partial charge in [-0.25, -0.2) is 4.39 Å². The summed E-state index contributed by atoms with van der Waals surface area (Å²) in [6, 6.07) is 11.9. The number of carbonyl (C=O) groups excluding carboxylic acids is 1. The van der Waals surface area contributed by atoms with Crippen molar-refractivity contribution in [2.75, 3.05) is 5.73 Å². The van der Waals surface area contributed by atoms with Crippen LogP contribution in [0.5, 0.6) is 5.75 Å². The highest BCUT2D eigenvalue weighted by Crippen LogP contribution is 2.31. The van der Waals surface area contributed by atoms with E-state index in [9.17, 15) is 9.18 Å². The highest BCUT2D eigenvalue weighted by Gasteiger charge is 2.26. The summed E-state index contributed by atoms with van der Waals surface area (Å²) in [7, 11) is 0. The number of fused-ring (bicyclic) bond motifs is 1. The number of halogens is 2. The predicted octanol–water partition coefficient (Wildman–Crippen LogP) is 4.18. The zero-order valence-electron chi connectivity index (χ0n) is 14.7. The molecule has 0 spiro atoms. The predicted molar refractivity (Wildman–Crippen MR) is 103 cm³/mol. The Morgan fingerprint density at radius 1 is 1.35 bits per heavy atom. The second-order valence-electron chi connectivity index (χ2n) is 6.36. The molecule has 0 saturated carbocycles. The molecule has 3 N–H and O–H groups in total. The molecule has 2 unspecified atom stereocenters. The van der Waals surface area contributed by atoms with Crippen LogP contribution in [0, 0.1) is 5.82 Å². The standard InChI is InChI=1S/C20H23FN2O2.ClH/c1-2-18(25-19-9-4-3-7-16(19)21)20(24)23-17-8-5-6-13-12-14(22)10-11-15(13)17;/h3-4,7,9-12,17-18H,2,5-6,8,22H2,1H3,(H,23,24);1H. The van der Waals surface area contributed by atoms with Crippen molar-refractivity contribution in [3.8, 4) is 5.75 Å². The van der Waals surface area contributed by atoms with E-state index in [0.29, 0.717) is 6.42 Å². The van der Waals surface area contributed by atoms with Crippen molar-refractivity contribution in [3.63, 3.8) is 0 Å². The van der Waals surface area contributed by atoms with Crippen molar-refractivity contribution in [2.24, 2.45) is 0 Å². The molecule has 2 atom stereocenters. The monoisotopic (exact) mass is 378 g/mol. The number of nitrogens with one attached hydrogen (secondary N) is 1. The van der Waals surface area contributed by atoms with E-state index in [1.807, 2.05) is 25.1 Å². The van der Waals surface area contributed by atoms with Gasteiger partial charge in [-0.3, -0.25) is 4.79 Å². The maximum absolute atomic E-state index is 13.8. The molecule has 26 heavy (non-hydrogen) atoms. The molecule has 0 aromatic heterocycles. The van der Waals surface area contributed by atoms with Gasteiger partial charge in [0, 0.05) is 5.69 Å². The molecule has 2 aromatic rings. The summed E-state index contributed by atoms with van der Waals surface area (Å²) >= 11 is 0. The lowest BCUT2D eigenvalue weighted by Gasteiger charge is -2.28. The first kappa shape index (κ1) is 20.0. The average Bonchev–Trinajstić information content (AvgIpc) is 2.61. The number of ether oxygens (including phenoxy) is 1. The van der Waals surface area contributed by atoms with Crippen LogP contribution in [0.4, 0.5) is 10.1 Å². The van der Waals surface area contributed by atoms with Crippen LogP contribution in [-0.2, 0) is 11.2 Å². The van der Waals surface area contributed by atoms with Crippen LogP contribution in [0.15, 0.2) is 42.5 Å². The highest BCUT2D eigenvalue weighted by molar-refractivity contribution is 5.85. The molecule has 1 aliphatic rings. The number of amides is 1. The summed E-state index contributed by atoms with van der Waals surface area (Å²) in [4.78, 5) is 12.7. The Balaban J connectivity index is 0.00000243. The van der Waals surface area contributed by atoms with Gasteiger partial charge in [-0.05, 0) is 61.1 Å². The summed E-state index contributed by atoms with van der Waals surface area (Å²) in [5.41, 5.74) is 8.88. The van der Waals surface area contributed by atoms with E-state index in [1.54, 1.807) is 12.1 Å². The van der Waals surface area contributed by atoms with Crippen molar-refractivity contribution < 1.29 is 13.9 Å². The Bertz CT molecular complexity index is 769. The summed E-state index contributed by atoms with van der Waals surface area (Å²) in [6.45, 7) is 1.85. The van der Waals surface area contributed by atoms with Crippen LogP contribution in [0.1, 0.15) is 43.4 Å². The normalized spacial score (nSPS) is 16.8. The van der Waals surface area contributed by atoms with Gasteiger partial charge in [0.1, 0.15) is 0 Å². The number of rotatable bonds is 5. The Hall–Kier alpha value is -2.27. The average molecular weight is 379 g/mol. The van der Waals surface area contributed by atoms with Crippen molar-refractivity contribution in [2.45, 2.75) is 44.8 Å². The third kappa shape index (κ3) is 4.47. The fourth-order valence-electron chi connectivity index (χ4n) is 3.26. The van der Waals surface area contributed by atoms with Gasteiger partial charge in [-0.1, -0.05) is 25.1 Å². The van der Waals surface area contributed by atoms with Gasteiger partial charge in [0.05, 0.1) is 6.04 Å². The fraction of sp³-hybridized carbons (Fsp3) is 0.350. The van der Waals surface area contributed by atoms with Crippen LogP contribution in [-0.4, -0.2) is 12.0 Å². The van der Waals surface area contributed by atoms with Crippen molar-refractivity contribution in [1.82, 2.24) is 5.32 Å². The molecule has 4 nitrogen and oxygen atoms in total. The quantitative estimate of drug-likeness (QED) is 0.767. The minimum absolute atomic E-state index is 0. The molecule has 1 amide bonds. The van der Waals surface area contributed by atoms with Crippen LogP contribution in [0.3, 0.4) is 0 Å². The molecule has 0 heterocycles. The smallest absolute Gasteiger partial charge is 0.261 e. The van der Waals surface area contributed by atoms with Gasteiger partial charge in [-0.2, -0.15) is 0 Å². The number of para-hydroxylation sites is 1. The van der Waals surface area contributed by atoms with Crippen LogP contribution >= 0.6 is 12.4 Å². The maximum Gasteiger partial charge on any atom is 0.261 e. The Morgan fingerprint density at radius 3 is 2.85 bits per heavy atom. The van der Waals surface area contributed by atoms with Gasteiger partial charge in [-0.15, -0.1) is 12.4 Å². The first-order valence-electron chi connectivity index (χ1n) is 8.68. The molecule has 3 rings (SSSR count). The molecule has 0 radical (unpaired) electrons. The number of nitrogen functional groups attached to an aromatic ring is 1. The first-order chi connectivity index (χ1) is 12.1. The van der Waals surface area contributed by atoms with E-state index >= 15 is 0 Å². The van der Waals surface area contributed by atoms with Crippen molar-refractivity contribution in [1.29, 1.82) is 0 Å². The van der Waals surface area contributed by atoms with Crippen molar-refractivity contribution in [3.05, 3.63) is 59.4 Å². The molecule has 140 valence electrons. The van der Waals surface area contributed by atoms with Gasteiger partial charge < -0.3 is 15.8 Å². The molecule has 0 saturated heterocycles. The third-order valence-electron chi connectivity index (χ3n) is 4.57. The molecule has 6 heteroatoms. The highest BCUT2D eigenvalue weighted by atomic mass is 35.5. The van der Waals surface area contributed by atoms with E-state index in [1.165, 1.54) is 17.7 Å². The van der Waals surface area contributed by atoms with Gasteiger partial charge in [0.2, 0.25) is 0 Å². The lowest BCUT2D eigenvalue weighted by atomic mass is 9.87. The van der Waals surface area contributed by atoms with Gasteiger partial charge in [0.25, 0.3) is 5.91 Å². The first-order valence-corrected chi connectivity index (χ1v) is 8.68. The second kappa shape index (κ2) is 8.90. The SMILES string of the molecule is CCC(Oc1ccccc1F)C(=O)NC1CCCc2cc(N)ccc21.Cl. The van der Waals surface area contributed by atoms with Crippen LogP contribution in [0.25, 0.3) is 0 Å². The lowest BCUT2D eigenvalue weighted by Crippen LogP contribution is -2.41. The zero-order chi connectivity index (χ0) is 17.8. The van der Waals surface area contributed by atoms with Gasteiger partial charge in [0.15, 0.2) is 17.7 Å². The summed E-state index contributed by atoms with van der Waals surface area (Å²) in [5.74, 6) is -0.589. The summed E-state index contributed by atoms with van der Waals surface area (Å²) in [5, 5.41) is 3.06. The number of hydrogen-bond donors (Lipinski definition) is 2. The maximum atomic E-state index is 13.8. The van der Waals surface area contributed by atoms with E-state index in [2.05, 4.69) is 5.32 Å². The summed E-state index contributed by atoms with van der Waals surface area (Å²) < 4.78 is 19.4. The summed E-state index contributed by atoms with van der Waals surface area (Å²) in [6.07, 6.45) is 2.57. The van der Waals surface area contributed by atoms with Crippen LogP contribution < -0.4 is 15.8 Å². The largest absolute Gasteiger partial charge is 0.478 e. The van der Waals surface area contributed by atoms with Crippen LogP contribution in [0.2, 0.25) is 0 Å². The van der Waals surface area contributed by atoms with Crippen molar-refractivity contribution >= 4 is 24.0 Å². The molecular weight excluding hydrogens is 355 g/mol. The second-order valence-corrected chi connectivity index (χ2v) is 6.36. The number of carbonyl (C=O) groups is 1. The Labute approximate surface area is 159 Å². The number of anilines is 1. The van der Waals surface area contributed by atoms with E-state index < -0.39 is 11.9 Å². The van der Waals surface area contributed by atoms with E-state index in [-0.39, 0.29) is 30.1 Å². The number of benzene rings is 2. The molecule has 0 fully saturated rings. The minimum atomic E-state index is -0.726. The number of aryl methyl sites for hydroxylation is 1. The number of nitrogens with two attached hydrogens (primary N) is 1. The zero-order valence-corrected chi connectivity index (χ0v) is 15.5. The Morgan fingerprint density at radius 2 is 2.12 bits per heavy atom. The minimum Gasteiger partial charge on any atom is -0.478 e. The fourth-order valence-corrected chi connectivity index (χ4v) is 3.26. The molecule has 2 aromatic carbocycles. The third-order valence-corrected chi connectivity index (χ3v) is 4.57. The molecule has 0 bridgehead atoms.